The maximum absolute atomic E-state index is 10.7. The highest BCUT2D eigenvalue weighted by atomic mass is 35.5. The van der Waals surface area contributed by atoms with Crippen molar-refractivity contribution in [2.24, 2.45) is 0 Å². The van der Waals surface area contributed by atoms with Gasteiger partial charge in [-0.3, -0.25) is 0 Å². The van der Waals surface area contributed by atoms with Crippen molar-refractivity contribution < 1.29 is 9.22 Å². The quantitative estimate of drug-likeness (QED) is 0.477. The van der Waals surface area contributed by atoms with Crippen molar-refractivity contribution in [3.63, 3.8) is 0 Å². The largest absolute Gasteiger partial charge is 0.542 e. The molecule has 0 aliphatic rings. The minimum Gasteiger partial charge on any atom is -0.542 e. The predicted molar refractivity (Wildman–Crippen MR) is 93.4 cm³/mol. The molecule has 0 heterocycles. The monoisotopic (exact) mass is 346 g/mol. The molecule has 0 spiro atoms. The first-order valence-electron chi connectivity index (χ1n) is 7.11. The van der Waals surface area contributed by atoms with Crippen molar-refractivity contribution >= 4 is 37.8 Å². The molecule has 1 unspecified atom stereocenters. The molecular weight excluding hydrogens is 323 g/mol. The molecule has 5 heteroatoms. The second-order valence-corrected chi connectivity index (χ2v) is 12.5. The highest BCUT2D eigenvalue weighted by Crippen LogP contribution is 2.42. The molecule has 0 saturated carbocycles. The fraction of sp³-hybridized carbons (Fsp3) is 0.562. The first-order valence-corrected chi connectivity index (χ1v) is 10.8. The van der Waals surface area contributed by atoms with Gasteiger partial charge in [0.25, 0.3) is 8.32 Å². The van der Waals surface area contributed by atoms with Gasteiger partial charge in [0.05, 0.1) is 10.0 Å². The highest BCUT2D eigenvalue weighted by molar-refractivity contribution is 6.74. The molecule has 1 aromatic carbocycles. The van der Waals surface area contributed by atoms with Crippen LogP contribution in [0.1, 0.15) is 45.6 Å². The maximum atomic E-state index is 10.7. The lowest BCUT2D eigenvalue weighted by molar-refractivity contribution is -0.108. The highest BCUT2D eigenvalue weighted by Gasteiger charge is 2.39. The molecule has 0 bridgehead atoms. The van der Waals surface area contributed by atoms with E-state index in [0.717, 1.165) is 11.8 Å². The van der Waals surface area contributed by atoms with E-state index in [4.69, 9.17) is 27.6 Å². The Morgan fingerprint density at radius 1 is 1.29 bits per heavy atom. The molecule has 118 valence electrons. The Labute approximate surface area is 138 Å². The summed E-state index contributed by atoms with van der Waals surface area (Å²) in [5.41, 5.74) is 0.977. The fourth-order valence-corrected chi connectivity index (χ4v) is 3.10. The van der Waals surface area contributed by atoms with Crippen molar-refractivity contribution in [3.8, 4) is 5.75 Å². The Morgan fingerprint density at radius 2 is 1.86 bits per heavy atom. The van der Waals surface area contributed by atoms with Crippen LogP contribution in [0.3, 0.4) is 0 Å². The molecule has 0 N–H and O–H groups in total. The Hall–Kier alpha value is -0.513. The Kier molecular flexibility index (Phi) is 5.93. The third-order valence-corrected chi connectivity index (χ3v) is 9.33. The van der Waals surface area contributed by atoms with Crippen molar-refractivity contribution in [1.29, 1.82) is 0 Å². The van der Waals surface area contributed by atoms with Crippen LogP contribution in [0, 0.1) is 0 Å². The number of hydrogen-bond acceptors (Lipinski definition) is 2. The van der Waals surface area contributed by atoms with Crippen molar-refractivity contribution in [2.45, 2.75) is 58.2 Å². The average molecular weight is 347 g/mol. The molecule has 2 nitrogen and oxygen atoms in total. The summed E-state index contributed by atoms with van der Waals surface area (Å²) in [6, 6.07) is 3.74. The van der Waals surface area contributed by atoms with Gasteiger partial charge in [0.1, 0.15) is 12.0 Å². The predicted octanol–water partition coefficient (Wildman–Crippen LogP) is 6.07. The normalized spacial score (nSPS) is 13.9. The van der Waals surface area contributed by atoms with Crippen LogP contribution >= 0.6 is 23.2 Å². The van der Waals surface area contributed by atoms with E-state index in [1.165, 1.54) is 0 Å². The molecule has 0 amide bonds. The van der Waals surface area contributed by atoms with E-state index in [2.05, 4.69) is 33.9 Å². The molecule has 21 heavy (non-hydrogen) atoms. The molecule has 0 fully saturated rings. The van der Waals surface area contributed by atoms with Crippen LogP contribution in [0.4, 0.5) is 0 Å². The summed E-state index contributed by atoms with van der Waals surface area (Å²) in [7, 11) is -1.99. The maximum Gasteiger partial charge on any atom is 0.250 e. The van der Waals surface area contributed by atoms with Gasteiger partial charge >= 0.3 is 0 Å². The zero-order chi connectivity index (χ0) is 16.4. The second kappa shape index (κ2) is 6.72. The molecule has 1 atom stereocenters. The van der Waals surface area contributed by atoms with E-state index in [-0.39, 0.29) is 11.0 Å². The van der Waals surface area contributed by atoms with E-state index in [0.29, 0.717) is 22.2 Å². The molecule has 0 aliphatic carbocycles. The van der Waals surface area contributed by atoms with E-state index in [1.807, 2.05) is 19.1 Å². The van der Waals surface area contributed by atoms with Crippen LogP contribution in [0.15, 0.2) is 12.1 Å². The Bertz CT molecular complexity index is 522. The first-order chi connectivity index (χ1) is 9.49. The van der Waals surface area contributed by atoms with Gasteiger partial charge in [-0.15, -0.1) is 0 Å². The molecule has 0 aliphatic heterocycles. The minimum absolute atomic E-state index is 0.0766. The number of benzene rings is 1. The van der Waals surface area contributed by atoms with E-state index in [1.54, 1.807) is 0 Å². The van der Waals surface area contributed by atoms with Gasteiger partial charge in [-0.25, -0.2) is 0 Å². The number of carbonyl (C=O) groups excluding carboxylic acids is 1. The van der Waals surface area contributed by atoms with Crippen LogP contribution in [-0.4, -0.2) is 14.6 Å². The van der Waals surface area contributed by atoms with Gasteiger partial charge in [-0.1, -0.05) is 50.9 Å². The summed E-state index contributed by atoms with van der Waals surface area (Å²) >= 11 is 12.5. The molecule has 0 radical (unpaired) electrons. The van der Waals surface area contributed by atoms with Gasteiger partial charge in [0.15, 0.2) is 0 Å². The number of hydrogen-bond donors (Lipinski definition) is 0. The molecule has 1 rings (SSSR count). The van der Waals surface area contributed by atoms with Crippen molar-refractivity contribution in [3.05, 3.63) is 27.7 Å². The van der Waals surface area contributed by atoms with E-state index >= 15 is 0 Å². The van der Waals surface area contributed by atoms with Gasteiger partial charge < -0.3 is 9.22 Å². The van der Waals surface area contributed by atoms with Gasteiger partial charge in [0.2, 0.25) is 0 Å². The second-order valence-electron chi connectivity index (χ2n) is 6.98. The number of rotatable bonds is 5. The van der Waals surface area contributed by atoms with E-state index < -0.39 is 8.32 Å². The summed E-state index contributed by atoms with van der Waals surface area (Å²) in [5, 5.41) is 0.997. The third-order valence-electron chi connectivity index (χ3n) is 4.21. The lowest BCUT2D eigenvalue weighted by Gasteiger charge is -2.37. The lowest BCUT2D eigenvalue weighted by Crippen LogP contribution is -2.44. The van der Waals surface area contributed by atoms with Crippen molar-refractivity contribution in [1.82, 2.24) is 0 Å². The molecule has 0 saturated heterocycles. The van der Waals surface area contributed by atoms with Crippen LogP contribution in [0.2, 0.25) is 28.2 Å². The number of carbonyl (C=O) groups is 1. The zero-order valence-electron chi connectivity index (χ0n) is 13.6. The molecular formula is C16H24Cl2O2Si. The average Bonchev–Trinajstić information content (AvgIpc) is 2.33. The van der Waals surface area contributed by atoms with Crippen LogP contribution in [0.25, 0.3) is 0 Å². The van der Waals surface area contributed by atoms with E-state index in [9.17, 15) is 4.79 Å². The van der Waals surface area contributed by atoms with Crippen LogP contribution in [0.5, 0.6) is 5.75 Å². The van der Waals surface area contributed by atoms with Gasteiger partial charge in [0, 0.05) is 6.42 Å². The van der Waals surface area contributed by atoms with Crippen LogP contribution in [-0.2, 0) is 4.79 Å². The fourth-order valence-electron chi connectivity index (χ4n) is 1.65. The Morgan fingerprint density at radius 3 is 2.33 bits per heavy atom. The smallest absolute Gasteiger partial charge is 0.250 e. The zero-order valence-corrected chi connectivity index (χ0v) is 16.1. The summed E-state index contributed by atoms with van der Waals surface area (Å²) in [6.45, 7) is 12.8. The molecule has 0 aromatic heterocycles. The number of halogens is 2. The Balaban J connectivity index is 3.21. The first kappa shape index (κ1) is 18.5. The summed E-state index contributed by atoms with van der Waals surface area (Å²) < 4.78 is 6.28. The third kappa shape index (κ3) is 4.48. The molecule has 1 aromatic rings. The summed E-state index contributed by atoms with van der Waals surface area (Å²) in [4.78, 5) is 10.7. The summed E-state index contributed by atoms with van der Waals surface area (Å²) in [6.07, 6.45) is 1.37. The van der Waals surface area contributed by atoms with Gasteiger partial charge in [-0.05, 0) is 41.7 Å². The summed E-state index contributed by atoms with van der Waals surface area (Å²) in [5.74, 6) is 0.725. The van der Waals surface area contributed by atoms with Crippen LogP contribution < -0.4 is 4.43 Å². The lowest BCUT2D eigenvalue weighted by atomic mass is 9.98. The standard InChI is InChI=1S/C16H24Cl2O2Si/c1-11(7-8-19)12-9-13(17)15(18)14(10-12)20-21(5,6)16(2,3)4/h8-11H,7H2,1-6H3. The van der Waals surface area contributed by atoms with Gasteiger partial charge in [-0.2, -0.15) is 0 Å². The minimum atomic E-state index is -1.99. The SMILES string of the molecule is CC(CC=O)c1cc(Cl)c(Cl)c(O[Si](C)(C)C(C)(C)C)c1. The number of aldehydes is 1. The van der Waals surface area contributed by atoms with Crippen molar-refractivity contribution in [2.75, 3.05) is 0 Å². The topological polar surface area (TPSA) is 26.3 Å².